The first kappa shape index (κ1) is 7.57. The molecule has 2 aliphatic rings. The molecule has 1 aliphatic carbocycles. The van der Waals surface area contributed by atoms with Crippen molar-refractivity contribution in [3.05, 3.63) is 35.9 Å². The molecule has 1 aromatic carbocycles. The number of hydrogen-bond donors (Lipinski definition) is 0. The fourth-order valence-electron chi connectivity index (χ4n) is 2.55. The van der Waals surface area contributed by atoms with Gasteiger partial charge in [0.25, 0.3) is 0 Å². The summed E-state index contributed by atoms with van der Waals surface area (Å²) < 4.78 is 5.85. The minimum absolute atomic E-state index is 0.265. The van der Waals surface area contributed by atoms with Gasteiger partial charge in [-0.1, -0.05) is 43.2 Å². The molecule has 1 heterocycles. The lowest BCUT2D eigenvalue weighted by atomic mass is 9.98. The molecule has 1 saturated heterocycles. The predicted molar refractivity (Wildman–Crippen MR) is 51.5 cm³/mol. The van der Waals surface area contributed by atoms with E-state index >= 15 is 0 Å². The lowest BCUT2D eigenvalue weighted by Gasteiger charge is -2.00. The Labute approximate surface area is 78.7 Å². The summed E-state index contributed by atoms with van der Waals surface area (Å²) in [5.74, 6) is 0. The molecule has 1 aliphatic heterocycles. The van der Waals surface area contributed by atoms with Crippen LogP contribution in [0.2, 0.25) is 0 Å². The largest absolute Gasteiger partial charge is 0.361 e. The summed E-state index contributed by atoms with van der Waals surface area (Å²) in [6, 6.07) is 10.6. The number of epoxide rings is 1. The Morgan fingerprint density at radius 2 is 1.77 bits per heavy atom. The molecule has 0 bridgehead atoms. The summed E-state index contributed by atoms with van der Waals surface area (Å²) in [6.07, 6.45) is 5.66. The maximum absolute atomic E-state index is 5.85. The average Bonchev–Trinajstić information content (AvgIpc) is 2.66. The third kappa shape index (κ3) is 1.11. The Bertz CT molecular complexity index is 298. The molecular formula is C12H14O. The Kier molecular flexibility index (Phi) is 1.50. The highest BCUT2D eigenvalue weighted by atomic mass is 16.6. The van der Waals surface area contributed by atoms with Gasteiger partial charge in [-0.3, -0.25) is 0 Å². The maximum atomic E-state index is 5.85. The molecule has 0 N–H and O–H groups in total. The first-order valence-corrected chi connectivity index (χ1v) is 5.13. The minimum Gasteiger partial charge on any atom is -0.361 e. The van der Waals surface area contributed by atoms with Gasteiger partial charge in [0, 0.05) is 0 Å². The molecule has 68 valence electrons. The quantitative estimate of drug-likeness (QED) is 0.596. The predicted octanol–water partition coefficient (Wildman–Crippen LogP) is 3.07. The van der Waals surface area contributed by atoms with E-state index in [4.69, 9.17) is 4.74 Å². The zero-order valence-corrected chi connectivity index (χ0v) is 7.70. The fourth-order valence-corrected chi connectivity index (χ4v) is 2.55. The second-order valence-corrected chi connectivity index (χ2v) is 4.18. The molecule has 1 nitrogen and oxygen atoms in total. The molecule has 1 heteroatoms. The van der Waals surface area contributed by atoms with Crippen LogP contribution in [0, 0.1) is 0 Å². The van der Waals surface area contributed by atoms with Crippen molar-refractivity contribution in [2.24, 2.45) is 0 Å². The zero-order valence-electron chi connectivity index (χ0n) is 7.70. The topological polar surface area (TPSA) is 12.5 Å². The molecule has 13 heavy (non-hydrogen) atoms. The first-order valence-electron chi connectivity index (χ1n) is 5.13. The van der Waals surface area contributed by atoms with Crippen molar-refractivity contribution < 1.29 is 4.74 Å². The van der Waals surface area contributed by atoms with E-state index in [-0.39, 0.29) is 5.60 Å². The summed E-state index contributed by atoms with van der Waals surface area (Å²) in [5.41, 5.74) is 1.63. The SMILES string of the molecule is c1ccc(C2OC23CCCC3)cc1. The number of ether oxygens (including phenoxy) is 1. The van der Waals surface area contributed by atoms with E-state index in [1.54, 1.807) is 0 Å². The van der Waals surface area contributed by atoms with Gasteiger partial charge in [0.05, 0.1) is 5.60 Å². The highest BCUT2D eigenvalue weighted by molar-refractivity contribution is 5.26. The van der Waals surface area contributed by atoms with Gasteiger partial charge in [-0.05, 0) is 18.4 Å². The normalized spacial score (nSPS) is 29.4. The maximum Gasteiger partial charge on any atom is 0.112 e. The van der Waals surface area contributed by atoms with Crippen molar-refractivity contribution in [3.8, 4) is 0 Å². The number of hydrogen-bond acceptors (Lipinski definition) is 1. The van der Waals surface area contributed by atoms with Crippen LogP contribution in [0.4, 0.5) is 0 Å². The van der Waals surface area contributed by atoms with Crippen LogP contribution in [0.1, 0.15) is 37.4 Å². The summed E-state index contributed by atoms with van der Waals surface area (Å²) in [5, 5.41) is 0. The highest BCUT2D eigenvalue weighted by Gasteiger charge is 2.57. The smallest absolute Gasteiger partial charge is 0.112 e. The van der Waals surface area contributed by atoms with Crippen LogP contribution >= 0.6 is 0 Å². The van der Waals surface area contributed by atoms with Gasteiger partial charge < -0.3 is 4.74 Å². The third-order valence-corrected chi connectivity index (χ3v) is 3.33. The van der Waals surface area contributed by atoms with Gasteiger partial charge in [-0.2, -0.15) is 0 Å². The zero-order chi connectivity index (χ0) is 8.73. The van der Waals surface area contributed by atoms with Crippen LogP contribution in [-0.4, -0.2) is 5.60 Å². The average molecular weight is 174 g/mol. The van der Waals surface area contributed by atoms with Gasteiger partial charge in [-0.25, -0.2) is 0 Å². The lowest BCUT2D eigenvalue weighted by molar-refractivity contribution is 0.297. The summed E-state index contributed by atoms with van der Waals surface area (Å²) in [6.45, 7) is 0. The standard InChI is InChI=1S/C12H14O/c1-2-6-10(7-3-1)11-12(13-11)8-4-5-9-12/h1-3,6-7,11H,4-5,8-9H2. The van der Waals surface area contributed by atoms with E-state index in [1.807, 2.05) is 0 Å². The summed E-state index contributed by atoms with van der Waals surface area (Å²) in [7, 11) is 0. The third-order valence-electron chi connectivity index (χ3n) is 3.33. The Balaban J connectivity index is 1.83. The minimum atomic E-state index is 0.265. The van der Waals surface area contributed by atoms with Crippen LogP contribution in [0.15, 0.2) is 30.3 Å². The summed E-state index contributed by atoms with van der Waals surface area (Å²) >= 11 is 0. The van der Waals surface area contributed by atoms with Gasteiger partial charge in [-0.15, -0.1) is 0 Å². The van der Waals surface area contributed by atoms with Gasteiger partial charge >= 0.3 is 0 Å². The lowest BCUT2D eigenvalue weighted by Crippen LogP contribution is -2.04. The van der Waals surface area contributed by atoms with E-state index in [9.17, 15) is 0 Å². The monoisotopic (exact) mass is 174 g/mol. The van der Waals surface area contributed by atoms with E-state index in [2.05, 4.69) is 30.3 Å². The van der Waals surface area contributed by atoms with E-state index in [0.717, 1.165) is 0 Å². The van der Waals surface area contributed by atoms with Gasteiger partial charge in [0.15, 0.2) is 0 Å². The Morgan fingerprint density at radius 1 is 1.08 bits per heavy atom. The molecule has 1 aromatic rings. The van der Waals surface area contributed by atoms with Crippen molar-refractivity contribution >= 4 is 0 Å². The molecule has 2 fully saturated rings. The van der Waals surface area contributed by atoms with Crippen molar-refractivity contribution in [1.29, 1.82) is 0 Å². The van der Waals surface area contributed by atoms with Crippen molar-refractivity contribution in [1.82, 2.24) is 0 Å². The van der Waals surface area contributed by atoms with Crippen molar-refractivity contribution in [3.63, 3.8) is 0 Å². The molecule has 1 atom stereocenters. The van der Waals surface area contributed by atoms with Gasteiger partial charge in [0.2, 0.25) is 0 Å². The molecular weight excluding hydrogens is 160 g/mol. The van der Waals surface area contributed by atoms with E-state index in [0.29, 0.717) is 6.10 Å². The van der Waals surface area contributed by atoms with Crippen LogP contribution in [-0.2, 0) is 4.74 Å². The van der Waals surface area contributed by atoms with Crippen LogP contribution in [0.25, 0.3) is 0 Å². The van der Waals surface area contributed by atoms with Crippen LogP contribution in [0.5, 0.6) is 0 Å². The Hall–Kier alpha value is -0.820. The first-order chi connectivity index (χ1) is 6.41. The van der Waals surface area contributed by atoms with Gasteiger partial charge in [0.1, 0.15) is 6.10 Å². The molecule has 1 unspecified atom stereocenters. The van der Waals surface area contributed by atoms with Crippen molar-refractivity contribution in [2.75, 3.05) is 0 Å². The number of benzene rings is 1. The Morgan fingerprint density at radius 3 is 2.46 bits per heavy atom. The molecule has 1 spiro atoms. The van der Waals surface area contributed by atoms with E-state index in [1.165, 1.54) is 31.2 Å². The van der Waals surface area contributed by atoms with Crippen molar-refractivity contribution in [2.45, 2.75) is 37.4 Å². The summed E-state index contributed by atoms with van der Waals surface area (Å²) in [4.78, 5) is 0. The number of rotatable bonds is 1. The van der Waals surface area contributed by atoms with Crippen LogP contribution in [0.3, 0.4) is 0 Å². The van der Waals surface area contributed by atoms with E-state index < -0.39 is 0 Å². The molecule has 1 saturated carbocycles. The second kappa shape index (κ2) is 2.58. The second-order valence-electron chi connectivity index (χ2n) is 4.18. The molecule has 0 radical (unpaired) electrons. The highest BCUT2D eigenvalue weighted by Crippen LogP contribution is 2.58. The fraction of sp³-hybridized carbons (Fsp3) is 0.500. The van der Waals surface area contributed by atoms with Crippen LogP contribution < -0.4 is 0 Å². The molecule has 0 aromatic heterocycles. The molecule has 3 rings (SSSR count). The molecule has 0 amide bonds.